The van der Waals surface area contributed by atoms with E-state index in [2.05, 4.69) is 25.2 Å². The molecule has 3 rings (SSSR count). The molecule has 104 valence electrons. The van der Waals surface area contributed by atoms with Gasteiger partial charge in [-0.05, 0) is 49.5 Å². The second-order valence-electron chi connectivity index (χ2n) is 6.46. The maximum atomic E-state index is 10.6. The molecule has 3 nitrogen and oxygen atoms in total. The molecule has 3 heteroatoms. The van der Waals surface area contributed by atoms with Crippen LogP contribution >= 0.6 is 0 Å². The van der Waals surface area contributed by atoms with Gasteiger partial charge < -0.3 is 15.2 Å². The zero-order valence-electron chi connectivity index (χ0n) is 11.8. The van der Waals surface area contributed by atoms with E-state index in [1.807, 2.05) is 12.1 Å². The van der Waals surface area contributed by atoms with Gasteiger partial charge in [0.25, 0.3) is 0 Å². The van der Waals surface area contributed by atoms with Crippen LogP contribution in [-0.2, 0) is 5.41 Å². The molecule has 2 aliphatic rings. The molecule has 0 aromatic heterocycles. The third kappa shape index (κ3) is 2.37. The summed E-state index contributed by atoms with van der Waals surface area (Å²) >= 11 is 0. The number of rotatable bonds is 2. The third-order valence-corrected chi connectivity index (χ3v) is 4.49. The number of piperidine rings is 1. The number of hydrogen-bond acceptors (Lipinski definition) is 3. The predicted molar refractivity (Wildman–Crippen MR) is 75.5 cm³/mol. The Morgan fingerprint density at radius 2 is 2.05 bits per heavy atom. The van der Waals surface area contributed by atoms with Crippen LogP contribution in [0.25, 0.3) is 0 Å². The second-order valence-corrected chi connectivity index (χ2v) is 6.46. The van der Waals surface area contributed by atoms with Crippen molar-refractivity contribution in [2.75, 3.05) is 19.7 Å². The number of aliphatic hydroxyl groups excluding tert-OH is 1. The highest BCUT2D eigenvalue weighted by Crippen LogP contribution is 2.40. The van der Waals surface area contributed by atoms with Crippen molar-refractivity contribution >= 4 is 0 Å². The maximum absolute atomic E-state index is 10.6. The van der Waals surface area contributed by atoms with Gasteiger partial charge in [-0.2, -0.15) is 0 Å². The molecule has 0 spiro atoms. The van der Waals surface area contributed by atoms with Gasteiger partial charge in [-0.15, -0.1) is 0 Å². The molecule has 0 radical (unpaired) electrons. The summed E-state index contributed by atoms with van der Waals surface area (Å²) in [5.41, 5.74) is 2.33. The van der Waals surface area contributed by atoms with E-state index < -0.39 is 0 Å². The summed E-state index contributed by atoms with van der Waals surface area (Å²) in [5.74, 6) is 1.36. The monoisotopic (exact) mass is 261 g/mol. The Bertz CT molecular complexity index is 464. The Morgan fingerprint density at radius 1 is 1.32 bits per heavy atom. The van der Waals surface area contributed by atoms with E-state index in [1.165, 1.54) is 5.56 Å². The van der Waals surface area contributed by atoms with Gasteiger partial charge in [0.1, 0.15) is 5.75 Å². The van der Waals surface area contributed by atoms with Crippen LogP contribution in [0.5, 0.6) is 5.75 Å². The van der Waals surface area contributed by atoms with Gasteiger partial charge in [-0.3, -0.25) is 0 Å². The second kappa shape index (κ2) is 4.80. The molecule has 1 aromatic carbocycles. The number of hydrogen-bond donors (Lipinski definition) is 2. The average Bonchev–Trinajstić information content (AvgIpc) is 2.74. The fourth-order valence-corrected chi connectivity index (χ4v) is 3.15. The first-order chi connectivity index (χ1) is 9.08. The first kappa shape index (κ1) is 12.9. The standard InChI is InChI=1S/C16H23NO2/c1-16(2)10-19-14-4-3-12(9-13(14)16)15(18)11-5-7-17-8-6-11/h3-4,9,11,15,17-18H,5-8,10H2,1-2H3. The molecule has 1 unspecified atom stereocenters. The number of ether oxygens (including phenoxy) is 1. The van der Waals surface area contributed by atoms with Crippen LogP contribution in [0.2, 0.25) is 0 Å². The number of fused-ring (bicyclic) bond motifs is 1. The first-order valence-corrected chi connectivity index (χ1v) is 7.24. The molecular weight excluding hydrogens is 238 g/mol. The van der Waals surface area contributed by atoms with E-state index in [-0.39, 0.29) is 11.5 Å². The summed E-state index contributed by atoms with van der Waals surface area (Å²) < 4.78 is 5.70. The highest BCUT2D eigenvalue weighted by atomic mass is 16.5. The number of benzene rings is 1. The van der Waals surface area contributed by atoms with Crippen molar-refractivity contribution in [2.45, 2.75) is 38.2 Å². The lowest BCUT2D eigenvalue weighted by Gasteiger charge is -2.28. The summed E-state index contributed by atoms with van der Waals surface area (Å²) in [4.78, 5) is 0. The fourth-order valence-electron chi connectivity index (χ4n) is 3.15. The number of aliphatic hydroxyl groups is 1. The number of nitrogens with one attached hydrogen (secondary N) is 1. The van der Waals surface area contributed by atoms with E-state index in [9.17, 15) is 5.11 Å². The van der Waals surface area contributed by atoms with Crippen molar-refractivity contribution in [3.8, 4) is 5.75 Å². The van der Waals surface area contributed by atoms with Crippen molar-refractivity contribution in [2.24, 2.45) is 5.92 Å². The fraction of sp³-hybridized carbons (Fsp3) is 0.625. The van der Waals surface area contributed by atoms with Gasteiger partial charge in [0.2, 0.25) is 0 Å². The summed E-state index contributed by atoms with van der Waals surface area (Å²) in [6.45, 7) is 7.15. The molecule has 0 bridgehead atoms. The third-order valence-electron chi connectivity index (χ3n) is 4.49. The Kier molecular flexibility index (Phi) is 3.27. The first-order valence-electron chi connectivity index (χ1n) is 7.24. The Labute approximate surface area is 115 Å². The van der Waals surface area contributed by atoms with Gasteiger partial charge in [0, 0.05) is 11.0 Å². The van der Waals surface area contributed by atoms with E-state index in [1.54, 1.807) is 0 Å². The molecule has 0 saturated carbocycles. The largest absolute Gasteiger partial charge is 0.492 e. The molecule has 2 heterocycles. The molecule has 1 saturated heterocycles. The van der Waals surface area contributed by atoms with Gasteiger partial charge in [-0.25, -0.2) is 0 Å². The van der Waals surface area contributed by atoms with Crippen molar-refractivity contribution in [3.63, 3.8) is 0 Å². The minimum absolute atomic E-state index is 0.0547. The van der Waals surface area contributed by atoms with Crippen LogP contribution in [0.3, 0.4) is 0 Å². The summed E-state index contributed by atoms with van der Waals surface area (Å²) in [7, 11) is 0. The molecule has 0 aliphatic carbocycles. The quantitative estimate of drug-likeness (QED) is 0.859. The molecule has 2 aliphatic heterocycles. The molecule has 0 amide bonds. The maximum Gasteiger partial charge on any atom is 0.123 e. The van der Waals surface area contributed by atoms with E-state index in [0.29, 0.717) is 5.92 Å². The van der Waals surface area contributed by atoms with Crippen LogP contribution in [0, 0.1) is 5.92 Å². The Morgan fingerprint density at radius 3 is 2.79 bits per heavy atom. The topological polar surface area (TPSA) is 41.5 Å². The molecule has 1 atom stereocenters. The zero-order chi connectivity index (χ0) is 13.5. The smallest absolute Gasteiger partial charge is 0.123 e. The molecule has 19 heavy (non-hydrogen) atoms. The minimum Gasteiger partial charge on any atom is -0.492 e. The van der Waals surface area contributed by atoms with Crippen LogP contribution in [0.15, 0.2) is 18.2 Å². The van der Waals surface area contributed by atoms with Gasteiger partial charge in [0.05, 0.1) is 12.7 Å². The van der Waals surface area contributed by atoms with Gasteiger partial charge in [-0.1, -0.05) is 19.9 Å². The average molecular weight is 261 g/mol. The van der Waals surface area contributed by atoms with Gasteiger partial charge >= 0.3 is 0 Å². The molecular formula is C16H23NO2. The van der Waals surface area contributed by atoms with Crippen LogP contribution in [0.1, 0.15) is 43.9 Å². The van der Waals surface area contributed by atoms with Crippen LogP contribution in [0.4, 0.5) is 0 Å². The summed E-state index contributed by atoms with van der Waals surface area (Å²) in [6, 6.07) is 6.19. The van der Waals surface area contributed by atoms with Crippen molar-refractivity contribution in [1.82, 2.24) is 5.32 Å². The zero-order valence-corrected chi connectivity index (χ0v) is 11.8. The molecule has 1 fully saturated rings. The predicted octanol–water partition coefficient (Wildman–Crippen LogP) is 2.39. The lowest BCUT2D eigenvalue weighted by Crippen LogP contribution is -2.31. The van der Waals surface area contributed by atoms with E-state index >= 15 is 0 Å². The lowest BCUT2D eigenvalue weighted by molar-refractivity contribution is 0.0888. The highest BCUT2D eigenvalue weighted by molar-refractivity contribution is 5.45. The van der Waals surface area contributed by atoms with Crippen molar-refractivity contribution in [1.29, 1.82) is 0 Å². The SMILES string of the molecule is CC1(C)COc2ccc(C(O)C3CCNCC3)cc21. The Hall–Kier alpha value is -1.06. The highest BCUT2D eigenvalue weighted by Gasteiger charge is 2.33. The van der Waals surface area contributed by atoms with Crippen molar-refractivity contribution in [3.05, 3.63) is 29.3 Å². The van der Waals surface area contributed by atoms with Crippen LogP contribution < -0.4 is 10.1 Å². The van der Waals surface area contributed by atoms with Crippen LogP contribution in [-0.4, -0.2) is 24.8 Å². The van der Waals surface area contributed by atoms with Gasteiger partial charge in [0.15, 0.2) is 0 Å². The molecule has 2 N–H and O–H groups in total. The normalized spacial score (nSPS) is 23.7. The summed E-state index contributed by atoms with van der Waals surface area (Å²) in [5, 5.41) is 13.9. The minimum atomic E-state index is -0.344. The van der Waals surface area contributed by atoms with E-state index in [0.717, 1.165) is 43.9 Å². The Balaban J connectivity index is 1.85. The lowest BCUT2D eigenvalue weighted by atomic mass is 9.83. The molecule has 1 aromatic rings. The van der Waals surface area contributed by atoms with Crippen molar-refractivity contribution < 1.29 is 9.84 Å². The summed E-state index contributed by atoms with van der Waals surface area (Å²) in [6.07, 6.45) is 1.76. The van der Waals surface area contributed by atoms with E-state index in [4.69, 9.17) is 4.74 Å².